The number of likely N-dealkylation sites (tertiary alicyclic amines) is 1. The average molecular weight is 262 g/mol. The molecule has 0 spiro atoms. The first kappa shape index (κ1) is 13.9. The molecule has 1 heterocycles. The van der Waals surface area contributed by atoms with Gasteiger partial charge in [0, 0.05) is 19.5 Å². The monoisotopic (exact) mass is 262 g/mol. The maximum atomic E-state index is 11.7. The van der Waals surface area contributed by atoms with Crippen LogP contribution in [-0.4, -0.2) is 37.6 Å². The number of benzene rings is 1. The highest BCUT2D eigenvalue weighted by molar-refractivity contribution is 5.78. The molecule has 2 N–H and O–H groups in total. The normalized spacial score (nSPS) is 18.9. The van der Waals surface area contributed by atoms with Gasteiger partial charge in [0.15, 0.2) is 0 Å². The number of carbonyl (C=O) groups excluding carboxylic acids is 1. The molecule has 1 aromatic rings. The van der Waals surface area contributed by atoms with Gasteiger partial charge >= 0.3 is 0 Å². The number of methoxy groups -OCH3 is 1. The maximum absolute atomic E-state index is 11.7. The minimum absolute atomic E-state index is 0.255. The molecule has 1 fully saturated rings. The van der Waals surface area contributed by atoms with Crippen LogP contribution in [0.4, 0.5) is 0 Å². The topological polar surface area (TPSA) is 55.6 Å². The fourth-order valence-electron chi connectivity index (χ4n) is 2.49. The van der Waals surface area contributed by atoms with E-state index < -0.39 is 0 Å². The summed E-state index contributed by atoms with van der Waals surface area (Å²) < 4.78 is 5.13. The number of hydrogen-bond acceptors (Lipinski definition) is 3. The average Bonchev–Trinajstić information content (AvgIpc) is 2.80. The van der Waals surface area contributed by atoms with E-state index in [1.165, 1.54) is 5.56 Å². The Morgan fingerprint density at radius 3 is 2.68 bits per heavy atom. The summed E-state index contributed by atoms with van der Waals surface area (Å²) in [4.78, 5) is 13.7. The standard InChI is InChI=1S/C15H22N2O2/c1-19-14-6-4-12(5-7-14)3-2-8-17-11-13(10-16)9-15(17)18/h4-7,13H,2-3,8-11,16H2,1H3. The van der Waals surface area contributed by atoms with E-state index in [4.69, 9.17) is 10.5 Å². The van der Waals surface area contributed by atoms with Crippen LogP contribution in [0.15, 0.2) is 24.3 Å². The zero-order chi connectivity index (χ0) is 13.7. The zero-order valence-corrected chi connectivity index (χ0v) is 11.5. The molecule has 104 valence electrons. The van der Waals surface area contributed by atoms with Gasteiger partial charge in [0.2, 0.25) is 5.91 Å². The molecular weight excluding hydrogens is 240 g/mol. The molecular formula is C15H22N2O2. The molecule has 0 aliphatic carbocycles. The Bertz CT molecular complexity index is 417. The van der Waals surface area contributed by atoms with Crippen molar-refractivity contribution < 1.29 is 9.53 Å². The molecule has 4 heteroatoms. The zero-order valence-electron chi connectivity index (χ0n) is 11.5. The molecule has 0 bridgehead atoms. The van der Waals surface area contributed by atoms with Gasteiger partial charge in [-0.3, -0.25) is 4.79 Å². The van der Waals surface area contributed by atoms with Crippen LogP contribution in [0, 0.1) is 5.92 Å². The Morgan fingerprint density at radius 1 is 1.37 bits per heavy atom. The summed E-state index contributed by atoms with van der Waals surface area (Å²) >= 11 is 0. The largest absolute Gasteiger partial charge is 0.497 e. The van der Waals surface area contributed by atoms with Crippen LogP contribution in [0.25, 0.3) is 0 Å². The van der Waals surface area contributed by atoms with Gasteiger partial charge in [0.05, 0.1) is 7.11 Å². The summed E-state index contributed by atoms with van der Waals surface area (Å²) in [5.74, 6) is 1.49. The summed E-state index contributed by atoms with van der Waals surface area (Å²) in [6.45, 7) is 2.28. The lowest BCUT2D eigenvalue weighted by Crippen LogP contribution is -2.27. The molecule has 0 radical (unpaired) electrons. The quantitative estimate of drug-likeness (QED) is 0.844. The van der Waals surface area contributed by atoms with E-state index in [0.29, 0.717) is 18.9 Å². The SMILES string of the molecule is COc1ccc(CCCN2CC(CN)CC2=O)cc1. The highest BCUT2D eigenvalue weighted by Crippen LogP contribution is 2.18. The molecule has 0 saturated carbocycles. The van der Waals surface area contributed by atoms with Gasteiger partial charge in [-0.25, -0.2) is 0 Å². The second kappa shape index (κ2) is 6.57. The molecule has 1 aliphatic rings. The van der Waals surface area contributed by atoms with E-state index in [2.05, 4.69) is 12.1 Å². The van der Waals surface area contributed by atoms with Crippen LogP contribution in [0.5, 0.6) is 5.75 Å². The van der Waals surface area contributed by atoms with Crippen molar-refractivity contribution in [1.82, 2.24) is 4.90 Å². The summed E-state index contributed by atoms with van der Waals surface area (Å²) in [5.41, 5.74) is 6.89. The lowest BCUT2D eigenvalue weighted by Gasteiger charge is -2.16. The van der Waals surface area contributed by atoms with Crippen molar-refractivity contribution in [3.8, 4) is 5.75 Å². The fourth-order valence-corrected chi connectivity index (χ4v) is 2.49. The summed E-state index contributed by atoms with van der Waals surface area (Å²) in [6.07, 6.45) is 2.61. The van der Waals surface area contributed by atoms with Crippen LogP contribution in [0.2, 0.25) is 0 Å². The second-order valence-corrected chi connectivity index (χ2v) is 5.10. The number of amides is 1. The minimum atomic E-state index is 0.255. The number of ether oxygens (including phenoxy) is 1. The molecule has 1 saturated heterocycles. The van der Waals surface area contributed by atoms with E-state index in [-0.39, 0.29) is 5.91 Å². The van der Waals surface area contributed by atoms with E-state index in [1.54, 1.807) is 7.11 Å². The molecule has 0 aromatic heterocycles. The summed E-state index contributed by atoms with van der Waals surface area (Å²) in [6, 6.07) is 8.10. The molecule has 1 atom stereocenters. The van der Waals surface area contributed by atoms with Crippen LogP contribution in [0.1, 0.15) is 18.4 Å². The molecule has 1 unspecified atom stereocenters. The lowest BCUT2D eigenvalue weighted by atomic mass is 10.1. The van der Waals surface area contributed by atoms with Crippen LogP contribution in [0.3, 0.4) is 0 Å². The van der Waals surface area contributed by atoms with Crippen molar-refractivity contribution in [2.24, 2.45) is 11.7 Å². The number of nitrogens with zero attached hydrogens (tertiary/aromatic N) is 1. The predicted molar refractivity (Wildman–Crippen MR) is 75.1 cm³/mol. The van der Waals surface area contributed by atoms with E-state index in [1.807, 2.05) is 17.0 Å². The lowest BCUT2D eigenvalue weighted by molar-refractivity contribution is -0.127. The highest BCUT2D eigenvalue weighted by Gasteiger charge is 2.27. The molecule has 1 amide bonds. The minimum Gasteiger partial charge on any atom is -0.497 e. The smallest absolute Gasteiger partial charge is 0.222 e. The van der Waals surface area contributed by atoms with Gasteiger partial charge in [-0.15, -0.1) is 0 Å². The first-order chi connectivity index (χ1) is 9.22. The first-order valence-corrected chi connectivity index (χ1v) is 6.83. The van der Waals surface area contributed by atoms with Gasteiger partial charge in [0.1, 0.15) is 5.75 Å². The predicted octanol–water partition coefficient (Wildman–Crippen LogP) is 1.43. The van der Waals surface area contributed by atoms with Gasteiger partial charge < -0.3 is 15.4 Å². The number of hydrogen-bond donors (Lipinski definition) is 1. The molecule has 2 rings (SSSR count). The van der Waals surface area contributed by atoms with Gasteiger partial charge in [-0.05, 0) is 43.0 Å². The third-order valence-corrected chi connectivity index (χ3v) is 3.68. The number of carbonyl (C=O) groups is 1. The summed E-state index contributed by atoms with van der Waals surface area (Å²) in [7, 11) is 1.67. The van der Waals surface area contributed by atoms with Crippen molar-refractivity contribution in [3.63, 3.8) is 0 Å². The summed E-state index contributed by atoms with van der Waals surface area (Å²) in [5, 5.41) is 0. The highest BCUT2D eigenvalue weighted by atomic mass is 16.5. The van der Waals surface area contributed by atoms with Crippen molar-refractivity contribution in [3.05, 3.63) is 29.8 Å². The van der Waals surface area contributed by atoms with Crippen molar-refractivity contribution in [2.45, 2.75) is 19.3 Å². The Morgan fingerprint density at radius 2 is 2.11 bits per heavy atom. The maximum Gasteiger partial charge on any atom is 0.222 e. The second-order valence-electron chi connectivity index (χ2n) is 5.10. The van der Waals surface area contributed by atoms with Crippen LogP contribution in [-0.2, 0) is 11.2 Å². The van der Waals surface area contributed by atoms with Gasteiger partial charge in [-0.1, -0.05) is 12.1 Å². The van der Waals surface area contributed by atoms with Crippen LogP contribution < -0.4 is 10.5 Å². The third-order valence-electron chi connectivity index (χ3n) is 3.68. The molecule has 1 aliphatic heterocycles. The Balaban J connectivity index is 1.75. The number of rotatable bonds is 6. The molecule has 4 nitrogen and oxygen atoms in total. The fraction of sp³-hybridized carbons (Fsp3) is 0.533. The van der Waals surface area contributed by atoms with Gasteiger partial charge in [0.25, 0.3) is 0 Å². The van der Waals surface area contributed by atoms with Gasteiger partial charge in [-0.2, -0.15) is 0 Å². The van der Waals surface area contributed by atoms with Crippen molar-refractivity contribution in [2.75, 3.05) is 26.7 Å². The number of aryl methyl sites for hydroxylation is 1. The van der Waals surface area contributed by atoms with Crippen molar-refractivity contribution >= 4 is 5.91 Å². The Hall–Kier alpha value is -1.55. The van der Waals surface area contributed by atoms with Crippen molar-refractivity contribution in [1.29, 1.82) is 0 Å². The Kier molecular flexibility index (Phi) is 4.80. The van der Waals surface area contributed by atoms with Crippen LogP contribution >= 0.6 is 0 Å². The van der Waals surface area contributed by atoms with E-state index in [9.17, 15) is 4.79 Å². The van der Waals surface area contributed by atoms with E-state index >= 15 is 0 Å². The Labute approximate surface area is 114 Å². The third kappa shape index (κ3) is 3.70. The molecule has 19 heavy (non-hydrogen) atoms. The number of nitrogens with two attached hydrogens (primary N) is 1. The molecule has 1 aromatic carbocycles. The van der Waals surface area contributed by atoms with E-state index in [0.717, 1.165) is 31.7 Å². The first-order valence-electron chi connectivity index (χ1n) is 6.83.